The lowest BCUT2D eigenvalue weighted by atomic mass is 9.95. The number of carbonyl (C=O) groups excluding carboxylic acids is 1. The fraction of sp³-hybridized carbons (Fsp3) is 0.200. The van der Waals surface area contributed by atoms with Crippen molar-refractivity contribution in [2.45, 2.75) is 18.8 Å². The molecule has 1 fully saturated rings. The number of H-pyrrole nitrogens is 1. The Morgan fingerprint density at radius 1 is 0.900 bits per heavy atom. The van der Waals surface area contributed by atoms with Crippen molar-refractivity contribution >= 4 is 16.9 Å². The molecule has 1 saturated heterocycles. The fourth-order valence-corrected chi connectivity index (χ4v) is 4.04. The van der Waals surface area contributed by atoms with Gasteiger partial charge >= 0.3 is 0 Å². The lowest BCUT2D eigenvalue weighted by Crippen LogP contribution is -2.38. The molecule has 150 valence electrons. The smallest absolute Gasteiger partial charge is 0.257 e. The van der Waals surface area contributed by atoms with Crippen molar-refractivity contribution < 1.29 is 9.53 Å². The maximum Gasteiger partial charge on any atom is 0.257 e. The second-order valence-corrected chi connectivity index (χ2v) is 7.62. The van der Waals surface area contributed by atoms with Gasteiger partial charge in [0.2, 0.25) is 0 Å². The molecule has 0 unspecified atom stereocenters. The van der Waals surface area contributed by atoms with Gasteiger partial charge in [-0.3, -0.25) is 4.79 Å². The third-order valence-corrected chi connectivity index (χ3v) is 5.67. The van der Waals surface area contributed by atoms with Crippen LogP contribution in [-0.4, -0.2) is 33.9 Å². The summed E-state index contributed by atoms with van der Waals surface area (Å²) in [4.78, 5) is 23.3. The summed E-state index contributed by atoms with van der Waals surface area (Å²) in [5.41, 5.74) is 2.67. The number of amides is 1. The molecule has 1 aliphatic rings. The standard InChI is InChI=1S/C25H23N3O2/c29-25(20-10-4-7-13-23(20)30-19-8-2-1-3-9-19)28-16-14-18(15-17-28)24-26-21-11-5-6-12-22(21)27-24/h1-13,18H,14-17H2,(H,26,27). The number of likely N-dealkylation sites (tertiary alicyclic amines) is 1. The van der Waals surface area contributed by atoms with E-state index in [0.29, 0.717) is 30.3 Å². The van der Waals surface area contributed by atoms with Crippen LogP contribution < -0.4 is 4.74 Å². The first-order chi connectivity index (χ1) is 14.8. The Balaban J connectivity index is 1.29. The summed E-state index contributed by atoms with van der Waals surface area (Å²) < 4.78 is 5.98. The zero-order valence-corrected chi connectivity index (χ0v) is 16.6. The molecule has 1 N–H and O–H groups in total. The fourth-order valence-electron chi connectivity index (χ4n) is 4.04. The molecule has 4 aromatic rings. The van der Waals surface area contributed by atoms with E-state index < -0.39 is 0 Å². The van der Waals surface area contributed by atoms with Crippen LogP contribution in [0.5, 0.6) is 11.5 Å². The van der Waals surface area contributed by atoms with Crippen molar-refractivity contribution in [1.29, 1.82) is 0 Å². The molecule has 0 aliphatic carbocycles. The third-order valence-electron chi connectivity index (χ3n) is 5.67. The number of nitrogens with one attached hydrogen (secondary N) is 1. The number of piperidine rings is 1. The quantitative estimate of drug-likeness (QED) is 0.503. The minimum Gasteiger partial charge on any atom is -0.457 e. The van der Waals surface area contributed by atoms with E-state index in [0.717, 1.165) is 35.4 Å². The van der Waals surface area contributed by atoms with E-state index in [9.17, 15) is 4.79 Å². The number of para-hydroxylation sites is 4. The van der Waals surface area contributed by atoms with Gasteiger partial charge in [-0.05, 0) is 49.2 Å². The molecule has 5 nitrogen and oxygen atoms in total. The number of rotatable bonds is 4. The van der Waals surface area contributed by atoms with E-state index in [1.807, 2.05) is 83.8 Å². The molecule has 1 aromatic heterocycles. The van der Waals surface area contributed by atoms with Crippen LogP contribution in [0.1, 0.15) is 34.9 Å². The highest BCUT2D eigenvalue weighted by Gasteiger charge is 2.27. The van der Waals surface area contributed by atoms with Crippen molar-refractivity contribution in [3.63, 3.8) is 0 Å². The monoisotopic (exact) mass is 397 g/mol. The molecule has 0 saturated carbocycles. The van der Waals surface area contributed by atoms with Crippen molar-refractivity contribution in [3.8, 4) is 11.5 Å². The van der Waals surface area contributed by atoms with Crippen LogP contribution in [-0.2, 0) is 0 Å². The number of ether oxygens (including phenoxy) is 1. The molecule has 0 bridgehead atoms. The molecule has 30 heavy (non-hydrogen) atoms. The first-order valence-electron chi connectivity index (χ1n) is 10.3. The third kappa shape index (κ3) is 3.66. The van der Waals surface area contributed by atoms with Crippen LogP contribution in [0.3, 0.4) is 0 Å². The molecule has 5 rings (SSSR count). The Morgan fingerprint density at radius 3 is 2.40 bits per heavy atom. The zero-order valence-electron chi connectivity index (χ0n) is 16.6. The van der Waals surface area contributed by atoms with Crippen LogP contribution in [0.15, 0.2) is 78.9 Å². The molecular weight excluding hydrogens is 374 g/mol. The predicted octanol–water partition coefficient (Wildman–Crippen LogP) is 5.38. The molecule has 3 aromatic carbocycles. The summed E-state index contributed by atoms with van der Waals surface area (Å²) >= 11 is 0. The lowest BCUT2D eigenvalue weighted by Gasteiger charge is -2.31. The van der Waals surface area contributed by atoms with E-state index in [4.69, 9.17) is 9.72 Å². The Kier molecular flexibility index (Phi) is 4.93. The maximum absolute atomic E-state index is 13.2. The number of aromatic nitrogens is 2. The summed E-state index contributed by atoms with van der Waals surface area (Å²) in [6.07, 6.45) is 1.79. The second-order valence-electron chi connectivity index (χ2n) is 7.62. The van der Waals surface area contributed by atoms with Gasteiger partial charge in [-0.2, -0.15) is 0 Å². The molecular formula is C25H23N3O2. The van der Waals surface area contributed by atoms with Crippen LogP contribution in [0.25, 0.3) is 11.0 Å². The lowest BCUT2D eigenvalue weighted by molar-refractivity contribution is 0.0708. The Morgan fingerprint density at radius 2 is 1.60 bits per heavy atom. The van der Waals surface area contributed by atoms with E-state index >= 15 is 0 Å². The van der Waals surface area contributed by atoms with Crippen LogP contribution in [0.4, 0.5) is 0 Å². The maximum atomic E-state index is 13.2. The molecule has 0 atom stereocenters. The van der Waals surface area contributed by atoms with E-state index in [1.54, 1.807) is 0 Å². The first-order valence-corrected chi connectivity index (χ1v) is 10.3. The minimum atomic E-state index is 0.0181. The number of carbonyl (C=O) groups is 1. The number of imidazole rings is 1. The van der Waals surface area contributed by atoms with Gasteiger partial charge in [-0.15, -0.1) is 0 Å². The highest BCUT2D eigenvalue weighted by molar-refractivity contribution is 5.97. The van der Waals surface area contributed by atoms with Gasteiger partial charge in [-0.25, -0.2) is 4.98 Å². The van der Waals surface area contributed by atoms with E-state index in [1.165, 1.54) is 0 Å². The summed E-state index contributed by atoms with van der Waals surface area (Å²) in [5, 5.41) is 0. The molecule has 1 amide bonds. The number of aromatic amines is 1. The van der Waals surface area contributed by atoms with Gasteiger partial charge in [0.25, 0.3) is 5.91 Å². The molecule has 0 radical (unpaired) electrons. The predicted molar refractivity (Wildman–Crippen MR) is 117 cm³/mol. The number of hydrogen-bond donors (Lipinski definition) is 1. The zero-order chi connectivity index (χ0) is 20.3. The SMILES string of the molecule is O=C(c1ccccc1Oc1ccccc1)N1CCC(c2nc3ccccc3[nH]2)CC1. The van der Waals surface area contributed by atoms with Gasteiger partial charge < -0.3 is 14.6 Å². The van der Waals surface area contributed by atoms with E-state index in [-0.39, 0.29) is 5.91 Å². The van der Waals surface area contributed by atoms with Crippen molar-refractivity contribution in [2.75, 3.05) is 13.1 Å². The van der Waals surface area contributed by atoms with Gasteiger partial charge in [0, 0.05) is 19.0 Å². The topological polar surface area (TPSA) is 58.2 Å². The summed E-state index contributed by atoms with van der Waals surface area (Å²) in [6.45, 7) is 1.42. The normalized spacial score (nSPS) is 14.7. The number of hydrogen-bond acceptors (Lipinski definition) is 3. The Hall–Kier alpha value is -3.60. The summed E-state index contributed by atoms with van der Waals surface area (Å²) in [7, 11) is 0. The summed E-state index contributed by atoms with van der Waals surface area (Å²) in [6, 6.07) is 25.1. The second kappa shape index (κ2) is 8.03. The Labute approximate surface area is 175 Å². The number of nitrogens with zero attached hydrogens (tertiary/aromatic N) is 2. The van der Waals surface area contributed by atoms with Gasteiger partial charge in [-0.1, -0.05) is 42.5 Å². The van der Waals surface area contributed by atoms with Crippen LogP contribution in [0, 0.1) is 0 Å². The highest BCUT2D eigenvalue weighted by atomic mass is 16.5. The molecule has 5 heteroatoms. The van der Waals surface area contributed by atoms with E-state index in [2.05, 4.69) is 4.98 Å². The molecule has 1 aliphatic heterocycles. The van der Waals surface area contributed by atoms with Crippen LogP contribution in [0.2, 0.25) is 0 Å². The highest BCUT2D eigenvalue weighted by Crippen LogP contribution is 2.31. The van der Waals surface area contributed by atoms with Crippen molar-refractivity contribution in [1.82, 2.24) is 14.9 Å². The molecule has 2 heterocycles. The Bertz CT molecular complexity index is 1130. The number of benzene rings is 3. The van der Waals surface area contributed by atoms with Gasteiger partial charge in [0.05, 0.1) is 16.6 Å². The van der Waals surface area contributed by atoms with Crippen molar-refractivity contribution in [3.05, 3.63) is 90.3 Å². The van der Waals surface area contributed by atoms with Crippen molar-refractivity contribution in [2.24, 2.45) is 0 Å². The minimum absolute atomic E-state index is 0.0181. The van der Waals surface area contributed by atoms with Crippen LogP contribution >= 0.6 is 0 Å². The number of fused-ring (bicyclic) bond motifs is 1. The first kappa shape index (κ1) is 18.4. The van der Waals surface area contributed by atoms with Gasteiger partial charge in [0.1, 0.15) is 17.3 Å². The largest absolute Gasteiger partial charge is 0.457 e. The average molecular weight is 397 g/mol. The molecule has 0 spiro atoms. The summed E-state index contributed by atoms with van der Waals surface area (Å²) in [5.74, 6) is 2.70. The average Bonchev–Trinajstić information content (AvgIpc) is 3.24. The van der Waals surface area contributed by atoms with Gasteiger partial charge in [0.15, 0.2) is 0 Å².